The van der Waals surface area contributed by atoms with Gasteiger partial charge >= 0.3 is 0 Å². The van der Waals surface area contributed by atoms with E-state index in [0.29, 0.717) is 46.2 Å². The van der Waals surface area contributed by atoms with E-state index in [-0.39, 0.29) is 11.7 Å². The maximum Gasteiger partial charge on any atom is 0.255 e. The largest absolute Gasteiger partial charge is 0.494 e. The van der Waals surface area contributed by atoms with Gasteiger partial charge in [0.2, 0.25) is 5.89 Å². The number of hydrogen-bond donors (Lipinski definition) is 1. The van der Waals surface area contributed by atoms with Gasteiger partial charge in [-0.2, -0.15) is 0 Å². The summed E-state index contributed by atoms with van der Waals surface area (Å²) in [4.78, 5) is 17.0. The highest BCUT2D eigenvalue weighted by atomic mass is 19.1. The monoisotopic (exact) mass is 390 g/mol. The number of nitrogens with one attached hydrogen (secondary N) is 1. The van der Waals surface area contributed by atoms with Crippen LogP contribution in [0.15, 0.2) is 71.1 Å². The number of hydrogen-bond acceptors (Lipinski definition) is 4. The van der Waals surface area contributed by atoms with Crippen molar-refractivity contribution in [1.29, 1.82) is 0 Å². The molecule has 1 N–H and O–H groups in total. The van der Waals surface area contributed by atoms with E-state index in [1.807, 2.05) is 13.0 Å². The van der Waals surface area contributed by atoms with Gasteiger partial charge in [0.25, 0.3) is 5.91 Å². The number of carbonyl (C=O) groups is 1. The lowest BCUT2D eigenvalue weighted by molar-refractivity contribution is 0.102. The summed E-state index contributed by atoms with van der Waals surface area (Å²) in [7, 11) is 0. The van der Waals surface area contributed by atoms with Crippen LogP contribution in [0.4, 0.5) is 10.1 Å². The molecule has 3 aromatic carbocycles. The molecule has 0 radical (unpaired) electrons. The van der Waals surface area contributed by atoms with Crippen LogP contribution in [-0.4, -0.2) is 17.5 Å². The second-order valence-corrected chi connectivity index (χ2v) is 6.54. The van der Waals surface area contributed by atoms with Crippen LogP contribution >= 0.6 is 0 Å². The second kappa shape index (κ2) is 8.14. The lowest BCUT2D eigenvalue weighted by Gasteiger charge is -2.08. The standard InChI is InChI=1S/C23H19FN2O3/c1-2-12-28-19-5-3-4-16(13-19)22(27)25-18-10-11-21-20(14-18)26-23(29-21)15-6-8-17(24)9-7-15/h3-11,13-14H,2,12H2,1H3,(H,25,27). The fourth-order valence-corrected chi connectivity index (χ4v) is 2.87. The molecule has 146 valence electrons. The maximum absolute atomic E-state index is 13.1. The molecule has 0 unspecified atom stereocenters. The predicted octanol–water partition coefficient (Wildman–Crippen LogP) is 5.68. The van der Waals surface area contributed by atoms with Gasteiger partial charge in [-0.3, -0.25) is 4.79 Å². The van der Waals surface area contributed by atoms with Crippen LogP contribution < -0.4 is 10.1 Å². The molecule has 6 heteroatoms. The molecule has 0 bridgehead atoms. The average molecular weight is 390 g/mol. The summed E-state index contributed by atoms with van der Waals surface area (Å²) in [6.45, 7) is 2.63. The molecule has 1 heterocycles. The Morgan fingerprint density at radius 2 is 1.93 bits per heavy atom. The first-order chi connectivity index (χ1) is 14.1. The minimum atomic E-state index is -0.320. The molecule has 0 saturated carbocycles. The van der Waals surface area contributed by atoms with E-state index in [2.05, 4.69) is 10.3 Å². The minimum Gasteiger partial charge on any atom is -0.494 e. The molecule has 0 saturated heterocycles. The molecule has 0 aliphatic carbocycles. The Morgan fingerprint density at radius 3 is 2.72 bits per heavy atom. The molecule has 0 fully saturated rings. The van der Waals surface area contributed by atoms with E-state index in [0.717, 1.165) is 6.42 Å². The number of rotatable bonds is 6. The summed E-state index contributed by atoms with van der Waals surface area (Å²) in [6, 6.07) is 18.2. The van der Waals surface area contributed by atoms with Crippen LogP contribution in [0.2, 0.25) is 0 Å². The third kappa shape index (κ3) is 4.27. The zero-order valence-corrected chi connectivity index (χ0v) is 15.8. The normalized spacial score (nSPS) is 10.8. The molecule has 1 aromatic heterocycles. The van der Waals surface area contributed by atoms with Crippen molar-refractivity contribution in [3.8, 4) is 17.2 Å². The Bertz CT molecular complexity index is 1150. The first kappa shape index (κ1) is 18.7. The second-order valence-electron chi connectivity index (χ2n) is 6.54. The SMILES string of the molecule is CCCOc1cccc(C(=O)Nc2ccc3oc(-c4ccc(F)cc4)nc3c2)c1. The summed E-state index contributed by atoms with van der Waals surface area (Å²) in [5, 5.41) is 2.86. The molecule has 29 heavy (non-hydrogen) atoms. The van der Waals surface area contributed by atoms with Gasteiger partial charge in [-0.05, 0) is 67.1 Å². The summed E-state index contributed by atoms with van der Waals surface area (Å²) >= 11 is 0. The number of amides is 1. The third-order valence-corrected chi connectivity index (χ3v) is 4.31. The summed E-state index contributed by atoms with van der Waals surface area (Å²) in [6.07, 6.45) is 0.897. The number of anilines is 1. The van der Waals surface area contributed by atoms with Gasteiger partial charge < -0.3 is 14.5 Å². The quantitative estimate of drug-likeness (QED) is 0.460. The van der Waals surface area contributed by atoms with E-state index < -0.39 is 0 Å². The Balaban J connectivity index is 1.54. The fraction of sp³-hybridized carbons (Fsp3) is 0.130. The number of benzene rings is 3. The van der Waals surface area contributed by atoms with Crippen LogP contribution in [0.5, 0.6) is 5.75 Å². The van der Waals surface area contributed by atoms with E-state index in [9.17, 15) is 9.18 Å². The van der Waals surface area contributed by atoms with Gasteiger partial charge in [0, 0.05) is 16.8 Å². The topological polar surface area (TPSA) is 64.4 Å². The smallest absolute Gasteiger partial charge is 0.255 e. The van der Waals surface area contributed by atoms with Crippen molar-refractivity contribution < 1.29 is 18.3 Å². The van der Waals surface area contributed by atoms with Gasteiger partial charge in [0.15, 0.2) is 5.58 Å². The number of halogens is 1. The summed E-state index contributed by atoms with van der Waals surface area (Å²) in [5.74, 6) is 0.493. The highest BCUT2D eigenvalue weighted by Gasteiger charge is 2.11. The van der Waals surface area contributed by atoms with Crippen molar-refractivity contribution in [2.45, 2.75) is 13.3 Å². The molecular formula is C23H19FN2O3. The van der Waals surface area contributed by atoms with E-state index in [1.165, 1.54) is 12.1 Å². The molecular weight excluding hydrogens is 371 g/mol. The van der Waals surface area contributed by atoms with Crippen LogP contribution in [0.3, 0.4) is 0 Å². The molecule has 5 nitrogen and oxygen atoms in total. The van der Waals surface area contributed by atoms with E-state index in [1.54, 1.807) is 48.5 Å². The van der Waals surface area contributed by atoms with E-state index >= 15 is 0 Å². The minimum absolute atomic E-state index is 0.242. The Labute approximate surface area is 167 Å². The number of fused-ring (bicyclic) bond motifs is 1. The highest BCUT2D eigenvalue weighted by molar-refractivity contribution is 6.05. The van der Waals surface area contributed by atoms with Crippen molar-refractivity contribution in [2.24, 2.45) is 0 Å². The Morgan fingerprint density at radius 1 is 1.10 bits per heavy atom. The third-order valence-electron chi connectivity index (χ3n) is 4.31. The van der Waals surface area contributed by atoms with Crippen LogP contribution in [0.25, 0.3) is 22.6 Å². The van der Waals surface area contributed by atoms with Crippen molar-refractivity contribution in [2.75, 3.05) is 11.9 Å². The van der Waals surface area contributed by atoms with Crippen molar-refractivity contribution >= 4 is 22.7 Å². The zero-order chi connectivity index (χ0) is 20.2. The summed E-state index contributed by atoms with van der Waals surface area (Å²) in [5.41, 5.74) is 2.96. The van der Waals surface area contributed by atoms with Crippen LogP contribution in [0, 0.1) is 5.82 Å². The number of nitrogens with zero attached hydrogens (tertiary/aromatic N) is 1. The van der Waals surface area contributed by atoms with Crippen molar-refractivity contribution in [3.05, 3.63) is 78.1 Å². The van der Waals surface area contributed by atoms with Gasteiger partial charge in [0.1, 0.15) is 17.1 Å². The van der Waals surface area contributed by atoms with Crippen LogP contribution in [-0.2, 0) is 0 Å². The molecule has 0 atom stereocenters. The lowest BCUT2D eigenvalue weighted by atomic mass is 10.2. The number of ether oxygens (including phenoxy) is 1. The lowest BCUT2D eigenvalue weighted by Crippen LogP contribution is -2.12. The first-order valence-corrected chi connectivity index (χ1v) is 9.33. The van der Waals surface area contributed by atoms with Gasteiger partial charge in [-0.15, -0.1) is 0 Å². The van der Waals surface area contributed by atoms with Crippen molar-refractivity contribution in [1.82, 2.24) is 4.98 Å². The molecule has 4 rings (SSSR count). The summed E-state index contributed by atoms with van der Waals surface area (Å²) < 4.78 is 24.4. The fourth-order valence-electron chi connectivity index (χ4n) is 2.87. The predicted molar refractivity (Wildman–Crippen MR) is 110 cm³/mol. The molecule has 0 aliphatic heterocycles. The van der Waals surface area contributed by atoms with Crippen molar-refractivity contribution in [3.63, 3.8) is 0 Å². The van der Waals surface area contributed by atoms with E-state index in [4.69, 9.17) is 9.15 Å². The maximum atomic E-state index is 13.1. The zero-order valence-electron chi connectivity index (χ0n) is 15.8. The highest BCUT2D eigenvalue weighted by Crippen LogP contribution is 2.26. The average Bonchev–Trinajstić information content (AvgIpc) is 3.16. The molecule has 4 aromatic rings. The van der Waals surface area contributed by atoms with Gasteiger partial charge in [0.05, 0.1) is 6.61 Å². The van der Waals surface area contributed by atoms with Gasteiger partial charge in [-0.25, -0.2) is 9.37 Å². The Kier molecular flexibility index (Phi) is 5.24. The molecule has 0 spiro atoms. The number of oxazole rings is 1. The molecule has 0 aliphatic rings. The van der Waals surface area contributed by atoms with Gasteiger partial charge in [-0.1, -0.05) is 13.0 Å². The number of carbonyl (C=O) groups excluding carboxylic acids is 1. The first-order valence-electron chi connectivity index (χ1n) is 9.33. The number of aromatic nitrogens is 1. The van der Waals surface area contributed by atoms with Crippen LogP contribution in [0.1, 0.15) is 23.7 Å². The molecule has 1 amide bonds. The Hall–Kier alpha value is -3.67.